The average Bonchev–Trinajstić information content (AvgIpc) is 3.23. The molecule has 0 radical (unpaired) electrons. The number of rotatable bonds is 5. The molecule has 0 N–H and O–H groups in total. The number of aryl methyl sites for hydroxylation is 1. The molecule has 0 spiro atoms. The lowest BCUT2D eigenvalue weighted by Gasteiger charge is -2.47. The lowest BCUT2D eigenvalue weighted by molar-refractivity contribution is -0.165. The molecular weight excluding hydrogens is 402 g/mol. The van der Waals surface area contributed by atoms with Crippen LogP contribution in [0.1, 0.15) is 22.7 Å². The summed E-state index contributed by atoms with van der Waals surface area (Å²) < 4.78 is 17.2. The molecule has 3 aromatic carbocycles. The predicted octanol–water partition coefficient (Wildman–Crippen LogP) is 4.91. The van der Waals surface area contributed by atoms with Gasteiger partial charge in [0.05, 0.1) is 0 Å². The van der Waals surface area contributed by atoms with Crippen molar-refractivity contribution < 1.29 is 19.0 Å². The lowest BCUT2D eigenvalue weighted by Crippen LogP contribution is -2.60. The fourth-order valence-electron chi connectivity index (χ4n) is 3.87. The van der Waals surface area contributed by atoms with Gasteiger partial charge in [-0.25, -0.2) is 0 Å². The van der Waals surface area contributed by atoms with Crippen molar-refractivity contribution >= 4 is 17.5 Å². The van der Waals surface area contributed by atoms with Crippen LogP contribution in [0.2, 0.25) is 5.02 Å². The third-order valence-corrected chi connectivity index (χ3v) is 5.75. The first-order chi connectivity index (χ1) is 14.6. The third kappa shape index (κ3) is 3.35. The molecular formula is C24H20ClNO4. The molecule has 0 aromatic heterocycles. The predicted molar refractivity (Wildman–Crippen MR) is 113 cm³/mol. The zero-order valence-electron chi connectivity index (χ0n) is 16.4. The van der Waals surface area contributed by atoms with Gasteiger partial charge in [0.15, 0.2) is 11.5 Å². The summed E-state index contributed by atoms with van der Waals surface area (Å²) in [6, 6.07) is 20.8. The zero-order chi connectivity index (χ0) is 20.7. The van der Waals surface area contributed by atoms with Gasteiger partial charge in [0.2, 0.25) is 12.9 Å². The van der Waals surface area contributed by atoms with Crippen LogP contribution in [-0.4, -0.2) is 23.7 Å². The van der Waals surface area contributed by atoms with E-state index in [1.54, 1.807) is 0 Å². The molecule has 2 atom stereocenters. The van der Waals surface area contributed by atoms with Crippen LogP contribution >= 0.6 is 11.6 Å². The molecule has 152 valence electrons. The fraction of sp³-hybridized carbons (Fsp3) is 0.208. The van der Waals surface area contributed by atoms with Gasteiger partial charge < -0.3 is 19.1 Å². The average molecular weight is 422 g/mol. The van der Waals surface area contributed by atoms with E-state index in [-0.39, 0.29) is 18.7 Å². The summed E-state index contributed by atoms with van der Waals surface area (Å²) in [5, 5.41) is 0.668. The van der Waals surface area contributed by atoms with Crippen LogP contribution in [0.4, 0.5) is 0 Å². The van der Waals surface area contributed by atoms with Crippen LogP contribution < -0.4 is 14.2 Å². The second kappa shape index (κ2) is 7.58. The number of β-lactam (4-membered cyclic amide) rings is 1. The highest BCUT2D eigenvalue weighted by atomic mass is 35.5. The second-order valence-electron chi connectivity index (χ2n) is 7.45. The van der Waals surface area contributed by atoms with Gasteiger partial charge in [-0.3, -0.25) is 4.79 Å². The van der Waals surface area contributed by atoms with Crippen molar-refractivity contribution in [1.82, 2.24) is 4.90 Å². The molecule has 1 amide bonds. The van der Waals surface area contributed by atoms with Gasteiger partial charge in [0, 0.05) is 11.6 Å². The lowest BCUT2D eigenvalue weighted by atomic mass is 9.89. The first-order valence-corrected chi connectivity index (χ1v) is 10.1. The minimum atomic E-state index is -0.598. The van der Waals surface area contributed by atoms with Crippen molar-refractivity contribution in [2.45, 2.75) is 25.6 Å². The van der Waals surface area contributed by atoms with E-state index in [0.29, 0.717) is 28.8 Å². The standard InChI is InChI=1S/C24H20ClNO4/c1-15-4-2-3-5-19(15)30-23-22(17-8-11-20-21(12-17)29-14-28-20)26(24(23)27)13-16-6-9-18(25)10-7-16/h2-12,22-23H,13-14H2,1H3/t22-,23+/m1/s1. The number of likely N-dealkylation sites (tertiary alicyclic amines) is 1. The molecule has 5 rings (SSSR count). The van der Waals surface area contributed by atoms with E-state index >= 15 is 0 Å². The highest BCUT2D eigenvalue weighted by Gasteiger charge is 2.50. The van der Waals surface area contributed by atoms with E-state index in [0.717, 1.165) is 16.7 Å². The van der Waals surface area contributed by atoms with E-state index in [9.17, 15) is 4.79 Å². The summed E-state index contributed by atoms with van der Waals surface area (Å²) in [5.41, 5.74) is 2.95. The summed E-state index contributed by atoms with van der Waals surface area (Å²) in [5.74, 6) is 2.07. The molecule has 5 nitrogen and oxygen atoms in total. The van der Waals surface area contributed by atoms with Gasteiger partial charge >= 0.3 is 0 Å². The van der Waals surface area contributed by atoms with Crippen molar-refractivity contribution in [3.8, 4) is 17.2 Å². The van der Waals surface area contributed by atoms with Crippen molar-refractivity contribution in [3.63, 3.8) is 0 Å². The van der Waals surface area contributed by atoms with E-state index in [1.165, 1.54) is 0 Å². The Morgan fingerprint density at radius 3 is 2.60 bits per heavy atom. The highest BCUT2D eigenvalue weighted by Crippen LogP contribution is 2.43. The Labute approximate surface area is 179 Å². The monoisotopic (exact) mass is 421 g/mol. The van der Waals surface area contributed by atoms with E-state index < -0.39 is 6.10 Å². The van der Waals surface area contributed by atoms with Gasteiger partial charge in [-0.15, -0.1) is 0 Å². The molecule has 1 fully saturated rings. The molecule has 2 aliphatic heterocycles. The van der Waals surface area contributed by atoms with Crippen molar-refractivity contribution in [2.75, 3.05) is 6.79 Å². The Balaban J connectivity index is 1.46. The Kier molecular flexibility index (Phi) is 4.75. The van der Waals surface area contributed by atoms with Crippen LogP contribution in [0.3, 0.4) is 0 Å². The topological polar surface area (TPSA) is 48.0 Å². The number of para-hydroxylation sites is 1. The Morgan fingerprint density at radius 2 is 1.80 bits per heavy atom. The Bertz CT molecular complexity index is 1100. The summed E-state index contributed by atoms with van der Waals surface area (Å²) in [7, 11) is 0. The molecule has 0 aliphatic carbocycles. The van der Waals surface area contributed by atoms with Gasteiger partial charge in [0.1, 0.15) is 11.8 Å². The minimum absolute atomic E-state index is 0.0455. The Morgan fingerprint density at radius 1 is 1.03 bits per heavy atom. The maximum absolute atomic E-state index is 13.1. The smallest absolute Gasteiger partial charge is 0.267 e. The fourth-order valence-corrected chi connectivity index (χ4v) is 4.00. The first-order valence-electron chi connectivity index (χ1n) is 9.77. The quantitative estimate of drug-likeness (QED) is 0.549. The molecule has 0 saturated carbocycles. The van der Waals surface area contributed by atoms with Crippen molar-refractivity contribution in [2.24, 2.45) is 0 Å². The number of amides is 1. The van der Waals surface area contributed by atoms with Crippen LogP contribution in [0.5, 0.6) is 17.2 Å². The number of nitrogens with zero attached hydrogens (tertiary/aromatic N) is 1. The maximum atomic E-state index is 13.1. The molecule has 2 aliphatic rings. The van der Waals surface area contributed by atoms with Gasteiger partial charge in [-0.05, 0) is 53.9 Å². The van der Waals surface area contributed by atoms with E-state index in [2.05, 4.69) is 0 Å². The molecule has 6 heteroatoms. The first kappa shape index (κ1) is 18.8. The SMILES string of the molecule is Cc1ccccc1O[C@@H]1C(=O)N(Cc2ccc(Cl)cc2)[C@@H]1c1ccc2c(c1)OCO2. The minimum Gasteiger partial charge on any atom is -0.478 e. The highest BCUT2D eigenvalue weighted by molar-refractivity contribution is 6.30. The molecule has 1 saturated heterocycles. The van der Waals surface area contributed by atoms with Crippen LogP contribution in [0, 0.1) is 6.92 Å². The summed E-state index contributed by atoms with van der Waals surface area (Å²) >= 11 is 6.01. The van der Waals surface area contributed by atoms with Gasteiger partial charge in [0.25, 0.3) is 5.91 Å². The molecule has 3 aromatic rings. The number of hydrogen-bond acceptors (Lipinski definition) is 4. The second-order valence-corrected chi connectivity index (χ2v) is 7.89. The van der Waals surface area contributed by atoms with Gasteiger partial charge in [-0.1, -0.05) is 48.0 Å². The molecule has 0 unspecified atom stereocenters. The maximum Gasteiger partial charge on any atom is 0.267 e. The van der Waals surface area contributed by atoms with E-state index in [1.807, 2.05) is 78.6 Å². The summed E-state index contributed by atoms with van der Waals surface area (Å²) in [4.78, 5) is 14.9. The number of ether oxygens (including phenoxy) is 3. The van der Waals surface area contributed by atoms with Crippen LogP contribution in [-0.2, 0) is 11.3 Å². The number of fused-ring (bicyclic) bond motifs is 1. The number of carbonyl (C=O) groups is 1. The van der Waals surface area contributed by atoms with Crippen molar-refractivity contribution in [1.29, 1.82) is 0 Å². The summed E-state index contributed by atoms with van der Waals surface area (Å²) in [6.07, 6.45) is -0.598. The molecule has 30 heavy (non-hydrogen) atoms. The normalized spacial score (nSPS) is 19.5. The summed E-state index contributed by atoms with van der Waals surface area (Å²) in [6.45, 7) is 2.66. The molecule has 2 heterocycles. The van der Waals surface area contributed by atoms with Crippen LogP contribution in [0.25, 0.3) is 0 Å². The molecule has 0 bridgehead atoms. The van der Waals surface area contributed by atoms with Crippen LogP contribution in [0.15, 0.2) is 66.7 Å². The number of carbonyl (C=O) groups excluding carboxylic acids is 1. The van der Waals surface area contributed by atoms with E-state index in [4.69, 9.17) is 25.8 Å². The largest absolute Gasteiger partial charge is 0.478 e. The zero-order valence-corrected chi connectivity index (χ0v) is 17.1. The van der Waals surface area contributed by atoms with Crippen molar-refractivity contribution in [3.05, 3.63) is 88.4 Å². The number of halogens is 1. The Hall–Kier alpha value is -3.18. The number of hydrogen-bond donors (Lipinski definition) is 0. The number of benzene rings is 3. The van der Waals surface area contributed by atoms with Gasteiger partial charge in [-0.2, -0.15) is 0 Å². The third-order valence-electron chi connectivity index (χ3n) is 5.50.